The molecule has 0 unspecified atom stereocenters. The summed E-state index contributed by atoms with van der Waals surface area (Å²) >= 11 is 1.61. The summed E-state index contributed by atoms with van der Waals surface area (Å²) in [5.74, 6) is 0.657. The van der Waals surface area contributed by atoms with Gasteiger partial charge in [0.1, 0.15) is 6.07 Å². The van der Waals surface area contributed by atoms with Crippen LogP contribution in [0.2, 0.25) is 0 Å². The summed E-state index contributed by atoms with van der Waals surface area (Å²) in [7, 11) is 1.94. The number of fused-ring (bicyclic) bond motifs is 1. The van der Waals surface area contributed by atoms with Gasteiger partial charge in [-0.2, -0.15) is 5.26 Å². The molecular formula is C24H21N5OS. The van der Waals surface area contributed by atoms with Crippen molar-refractivity contribution < 1.29 is 4.74 Å². The predicted molar refractivity (Wildman–Crippen MR) is 125 cm³/mol. The van der Waals surface area contributed by atoms with Gasteiger partial charge in [-0.05, 0) is 18.2 Å². The normalized spacial score (nSPS) is 14.7. The quantitative estimate of drug-likeness (QED) is 0.446. The van der Waals surface area contributed by atoms with Crippen LogP contribution in [0.25, 0.3) is 33.9 Å². The first-order valence-electron chi connectivity index (χ1n) is 10.2. The highest BCUT2D eigenvalue weighted by Gasteiger charge is 2.20. The van der Waals surface area contributed by atoms with Gasteiger partial charge >= 0.3 is 0 Å². The largest absolute Gasteiger partial charge is 0.378 e. The monoisotopic (exact) mass is 427 g/mol. The SMILES string of the molecule is Cn1c(/C(C#N)=C/c2sc(N3CCOCC3)nc2-c2ccccc2)nc2ccccc21. The van der Waals surface area contributed by atoms with E-state index in [1.807, 2.05) is 60.2 Å². The van der Waals surface area contributed by atoms with Gasteiger partial charge in [0.05, 0.1) is 40.4 Å². The van der Waals surface area contributed by atoms with Crippen molar-refractivity contribution in [1.29, 1.82) is 5.26 Å². The molecule has 0 aliphatic carbocycles. The number of allylic oxidation sites excluding steroid dienone is 1. The second-order valence-electron chi connectivity index (χ2n) is 7.33. The van der Waals surface area contributed by atoms with Crippen molar-refractivity contribution >= 4 is 39.2 Å². The van der Waals surface area contributed by atoms with Gasteiger partial charge in [0.2, 0.25) is 0 Å². The number of hydrogen-bond acceptors (Lipinski definition) is 6. The Labute approximate surface area is 184 Å². The molecule has 1 fully saturated rings. The molecule has 0 radical (unpaired) electrons. The third-order valence-corrected chi connectivity index (χ3v) is 6.46. The summed E-state index contributed by atoms with van der Waals surface area (Å²) < 4.78 is 7.46. The van der Waals surface area contributed by atoms with Crippen LogP contribution in [0.4, 0.5) is 5.13 Å². The Balaban J connectivity index is 1.63. The highest BCUT2D eigenvalue weighted by molar-refractivity contribution is 7.17. The van der Waals surface area contributed by atoms with Crippen LogP contribution in [0.5, 0.6) is 0 Å². The molecule has 4 aromatic rings. The molecule has 0 bridgehead atoms. The molecule has 0 saturated carbocycles. The number of hydrogen-bond donors (Lipinski definition) is 0. The first-order chi connectivity index (χ1) is 15.2. The summed E-state index contributed by atoms with van der Waals surface area (Å²) in [6, 6.07) is 20.4. The first-order valence-corrected chi connectivity index (χ1v) is 11.0. The first kappa shape index (κ1) is 19.5. The molecule has 1 aliphatic heterocycles. The molecule has 31 heavy (non-hydrogen) atoms. The van der Waals surface area contributed by atoms with Crippen LogP contribution in [0.15, 0.2) is 54.6 Å². The number of aryl methyl sites for hydroxylation is 1. The number of nitriles is 1. The highest BCUT2D eigenvalue weighted by atomic mass is 32.1. The van der Waals surface area contributed by atoms with Gasteiger partial charge in [0.15, 0.2) is 11.0 Å². The van der Waals surface area contributed by atoms with Crippen molar-refractivity contribution in [3.63, 3.8) is 0 Å². The summed E-state index contributed by atoms with van der Waals surface area (Å²) in [5, 5.41) is 10.9. The lowest BCUT2D eigenvalue weighted by Crippen LogP contribution is -2.36. The number of benzene rings is 2. The van der Waals surface area contributed by atoms with Gasteiger partial charge in [0, 0.05) is 25.7 Å². The molecule has 2 aromatic heterocycles. The number of thiazole rings is 1. The fourth-order valence-electron chi connectivity index (χ4n) is 3.78. The van der Waals surface area contributed by atoms with E-state index in [4.69, 9.17) is 14.7 Å². The van der Waals surface area contributed by atoms with Crippen molar-refractivity contribution in [2.45, 2.75) is 0 Å². The Hall–Kier alpha value is -3.47. The zero-order valence-electron chi connectivity index (χ0n) is 17.2. The molecule has 0 spiro atoms. The van der Waals surface area contributed by atoms with Gasteiger partial charge < -0.3 is 14.2 Å². The van der Waals surface area contributed by atoms with Crippen LogP contribution < -0.4 is 4.90 Å². The maximum absolute atomic E-state index is 9.99. The van der Waals surface area contributed by atoms with E-state index in [2.05, 4.69) is 23.1 Å². The van der Waals surface area contributed by atoms with E-state index >= 15 is 0 Å². The van der Waals surface area contributed by atoms with E-state index in [1.54, 1.807) is 11.3 Å². The minimum absolute atomic E-state index is 0.521. The number of imidazole rings is 1. The molecule has 1 aliphatic rings. The van der Waals surface area contributed by atoms with Crippen molar-refractivity contribution in [2.75, 3.05) is 31.2 Å². The third kappa shape index (κ3) is 3.72. The standard InChI is InChI=1S/C24H21N5OS/c1-28-20-10-6-5-9-19(20)26-23(28)18(16-25)15-21-22(17-7-3-2-4-8-17)27-24(31-21)29-11-13-30-14-12-29/h2-10,15H,11-14H2,1H3/b18-15+. The predicted octanol–water partition coefficient (Wildman–Crippen LogP) is 4.60. The lowest BCUT2D eigenvalue weighted by molar-refractivity contribution is 0.122. The Morgan fingerprint density at radius 2 is 1.81 bits per heavy atom. The lowest BCUT2D eigenvalue weighted by Gasteiger charge is -2.26. The van der Waals surface area contributed by atoms with Crippen molar-refractivity contribution in [1.82, 2.24) is 14.5 Å². The van der Waals surface area contributed by atoms with Crippen molar-refractivity contribution in [2.24, 2.45) is 7.05 Å². The molecule has 7 heteroatoms. The molecule has 0 atom stereocenters. The second-order valence-corrected chi connectivity index (χ2v) is 8.34. The third-order valence-electron chi connectivity index (χ3n) is 5.39. The van der Waals surface area contributed by atoms with E-state index in [0.29, 0.717) is 24.6 Å². The van der Waals surface area contributed by atoms with E-state index in [0.717, 1.165) is 45.4 Å². The molecule has 0 N–H and O–H groups in total. The van der Waals surface area contributed by atoms with Crippen LogP contribution in [-0.2, 0) is 11.8 Å². The number of rotatable bonds is 4. The minimum atomic E-state index is 0.521. The minimum Gasteiger partial charge on any atom is -0.378 e. The maximum atomic E-state index is 9.99. The van der Waals surface area contributed by atoms with E-state index in [-0.39, 0.29) is 0 Å². The zero-order valence-corrected chi connectivity index (χ0v) is 18.0. The number of nitrogens with zero attached hydrogens (tertiary/aromatic N) is 5. The van der Waals surface area contributed by atoms with Gasteiger partial charge in [-0.1, -0.05) is 53.8 Å². The molecule has 0 amide bonds. The maximum Gasteiger partial charge on any atom is 0.186 e. The Kier molecular flexibility index (Phi) is 5.24. The van der Waals surface area contributed by atoms with Crippen LogP contribution in [0.3, 0.4) is 0 Å². The van der Waals surface area contributed by atoms with E-state index < -0.39 is 0 Å². The Morgan fingerprint density at radius 3 is 2.55 bits per heavy atom. The number of anilines is 1. The summed E-state index contributed by atoms with van der Waals surface area (Å²) in [6.45, 7) is 3.05. The zero-order chi connectivity index (χ0) is 21.2. The highest BCUT2D eigenvalue weighted by Crippen LogP contribution is 2.36. The topological polar surface area (TPSA) is 67.0 Å². The van der Waals surface area contributed by atoms with Crippen molar-refractivity contribution in [3.8, 4) is 17.3 Å². The van der Waals surface area contributed by atoms with Gasteiger partial charge in [0.25, 0.3) is 0 Å². The van der Waals surface area contributed by atoms with Crippen LogP contribution in [0, 0.1) is 11.3 Å². The number of ether oxygens (including phenoxy) is 1. The van der Waals surface area contributed by atoms with Crippen LogP contribution >= 0.6 is 11.3 Å². The number of para-hydroxylation sites is 2. The molecule has 154 valence electrons. The molecular weight excluding hydrogens is 406 g/mol. The van der Waals surface area contributed by atoms with Crippen LogP contribution in [-0.4, -0.2) is 40.8 Å². The lowest BCUT2D eigenvalue weighted by atomic mass is 10.1. The summed E-state index contributed by atoms with van der Waals surface area (Å²) in [5.41, 5.74) is 4.32. The average Bonchev–Trinajstić information content (AvgIpc) is 3.40. The number of morpholine rings is 1. The summed E-state index contributed by atoms with van der Waals surface area (Å²) in [4.78, 5) is 12.9. The molecule has 5 rings (SSSR count). The molecule has 6 nitrogen and oxygen atoms in total. The molecule has 2 aromatic carbocycles. The van der Waals surface area contributed by atoms with Crippen LogP contribution in [0.1, 0.15) is 10.7 Å². The molecule has 1 saturated heterocycles. The summed E-state index contributed by atoms with van der Waals surface area (Å²) in [6.07, 6.45) is 1.92. The fraction of sp³-hybridized carbons (Fsp3) is 0.208. The van der Waals surface area contributed by atoms with E-state index in [9.17, 15) is 5.26 Å². The van der Waals surface area contributed by atoms with E-state index in [1.165, 1.54) is 0 Å². The van der Waals surface area contributed by atoms with Crippen molar-refractivity contribution in [3.05, 3.63) is 65.3 Å². The smallest absolute Gasteiger partial charge is 0.186 e. The Morgan fingerprint density at radius 1 is 1.06 bits per heavy atom. The molecule has 3 heterocycles. The Bertz CT molecular complexity index is 1290. The average molecular weight is 428 g/mol. The second kappa shape index (κ2) is 8.34. The number of aromatic nitrogens is 3. The fourth-order valence-corrected chi connectivity index (χ4v) is 4.86. The van der Waals surface area contributed by atoms with Gasteiger partial charge in [-0.25, -0.2) is 9.97 Å². The van der Waals surface area contributed by atoms with Gasteiger partial charge in [-0.3, -0.25) is 0 Å². The van der Waals surface area contributed by atoms with Gasteiger partial charge in [-0.15, -0.1) is 0 Å².